The second kappa shape index (κ2) is 6.24. The topological polar surface area (TPSA) is 35.5 Å². The van der Waals surface area contributed by atoms with E-state index in [1.807, 2.05) is 27.7 Å². The van der Waals surface area contributed by atoms with Gasteiger partial charge in [-0.15, -0.1) is 0 Å². The summed E-state index contributed by atoms with van der Waals surface area (Å²) in [5.74, 6) is -0.251. The van der Waals surface area contributed by atoms with Crippen LogP contribution in [0.2, 0.25) is 0 Å². The molecule has 0 heterocycles. The van der Waals surface area contributed by atoms with Gasteiger partial charge < -0.3 is 8.85 Å². The van der Waals surface area contributed by atoms with Gasteiger partial charge in [-0.05, 0) is 24.5 Å². The molecular formula is C10H17O3Si2. The van der Waals surface area contributed by atoms with Crippen LogP contribution in [0.5, 0.6) is 0 Å². The normalized spacial score (nSPS) is 13.5. The molecule has 0 saturated heterocycles. The molecule has 0 amide bonds. The summed E-state index contributed by atoms with van der Waals surface area (Å²) in [6, 6.07) is 0. The summed E-state index contributed by atoms with van der Waals surface area (Å²) in [5.41, 5.74) is 0.467. The first-order chi connectivity index (χ1) is 6.84. The summed E-state index contributed by atoms with van der Waals surface area (Å²) >= 11 is 0. The molecule has 0 aromatic rings. The lowest BCUT2D eigenvalue weighted by molar-refractivity contribution is -0.139. The molecule has 0 aliphatic heterocycles. The van der Waals surface area contributed by atoms with Crippen LogP contribution in [-0.4, -0.2) is 32.8 Å². The van der Waals surface area contributed by atoms with Crippen LogP contribution in [0, 0.1) is 5.41 Å². The number of rotatable bonds is 4. The molecule has 0 rings (SSSR count). The maximum atomic E-state index is 11.8. The van der Waals surface area contributed by atoms with E-state index in [0.29, 0.717) is 12.2 Å². The lowest BCUT2D eigenvalue weighted by atomic mass is 9.86. The van der Waals surface area contributed by atoms with Crippen LogP contribution in [-0.2, 0) is 13.6 Å². The van der Waals surface area contributed by atoms with Crippen molar-refractivity contribution in [2.45, 2.75) is 34.6 Å². The van der Waals surface area contributed by atoms with Gasteiger partial charge in [0.05, 0.1) is 6.61 Å². The van der Waals surface area contributed by atoms with E-state index >= 15 is 0 Å². The smallest absolute Gasteiger partial charge is 0.334 e. The Morgan fingerprint density at radius 2 is 1.93 bits per heavy atom. The minimum Gasteiger partial charge on any atom is -0.463 e. The lowest BCUT2D eigenvalue weighted by Crippen LogP contribution is -2.23. The zero-order valence-electron chi connectivity index (χ0n) is 9.93. The Balaban J connectivity index is 5.06. The van der Waals surface area contributed by atoms with Crippen LogP contribution >= 0.6 is 0 Å². The number of esters is 1. The Morgan fingerprint density at radius 1 is 1.40 bits per heavy atom. The van der Waals surface area contributed by atoms with Crippen LogP contribution in [0.25, 0.3) is 0 Å². The predicted molar refractivity (Wildman–Crippen MR) is 61.4 cm³/mol. The molecule has 15 heavy (non-hydrogen) atoms. The SMILES string of the molecule is CCOC(=O)/C(=C(/C)[Si]O[Si])C(C)(C)C. The monoisotopic (exact) mass is 241 g/mol. The van der Waals surface area contributed by atoms with Gasteiger partial charge in [0.25, 0.3) is 9.76 Å². The van der Waals surface area contributed by atoms with E-state index in [0.717, 1.165) is 5.20 Å². The average Bonchev–Trinajstić information content (AvgIpc) is 2.01. The van der Waals surface area contributed by atoms with Crippen molar-refractivity contribution in [1.82, 2.24) is 0 Å². The zero-order chi connectivity index (χ0) is 12.1. The Labute approximate surface area is 97.7 Å². The van der Waals surface area contributed by atoms with Crippen molar-refractivity contribution in [1.29, 1.82) is 0 Å². The molecule has 0 aromatic heterocycles. The molecule has 5 heteroatoms. The summed E-state index contributed by atoms with van der Waals surface area (Å²) in [4.78, 5) is 11.8. The third-order valence-corrected chi connectivity index (χ3v) is 2.77. The fourth-order valence-electron chi connectivity index (χ4n) is 1.35. The highest BCUT2D eigenvalue weighted by atomic mass is 28.3. The second-order valence-corrected chi connectivity index (χ2v) is 5.95. The Hall–Kier alpha value is -0.396. The standard InChI is InChI=1S/C10H17O3Si2/c1-6-12-9(11)8(10(3,4)5)7(2)15-13-14/h6H2,1-5H3/b8-7+. The molecule has 0 unspecified atom stereocenters. The van der Waals surface area contributed by atoms with Crippen molar-refractivity contribution in [2.24, 2.45) is 5.41 Å². The molecule has 0 fully saturated rings. The second-order valence-electron chi connectivity index (χ2n) is 4.17. The molecule has 0 bridgehead atoms. The molecule has 0 N–H and O–H groups in total. The van der Waals surface area contributed by atoms with E-state index in [2.05, 4.69) is 10.5 Å². The number of allylic oxidation sites excluding steroid dienone is 1. The van der Waals surface area contributed by atoms with E-state index in [-0.39, 0.29) is 21.1 Å². The quantitative estimate of drug-likeness (QED) is 0.426. The molecule has 0 saturated carbocycles. The molecule has 0 aliphatic rings. The summed E-state index contributed by atoms with van der Waals surface area (Å²) in [6.45, 7) is 10.0. The number of hydrogen-bond acceptors (Lipinski definition) is 3. The minimum absolute atomic E-state index is 0.132. The number of hydrogen-bond donors (Lipinski definition) is 0. The van der Waals surface area contributed by atoms with Gasteiger partial charge >= 0.3 is 5.97 Å². The fraction of sp³-hybridized carbons (Fsp3) is 0.700. The van der Waals surface area contributed by atoms with Crippen molar-refractivity contribution < 1.29 is 13.6 Å². The molecular weight excluding hydrogens is 224 g/mol. The average molecular weight is 241 g/mol. The van der Waals surface area contributed by atoms with E-state index in [1.54, 1.807) is 6.92 Å². The first kappa shape index (κ1) is 14.6. The fourth-order valence-corrected chi connectivity index (χ4v) is 2.54. The molecule has 3 nitrogen and oxygen atoms in total. The van der Waals surface area contributed by atoms with E-state index in [9.17, 15) is 4.79 Å². The summed E-state index contributed by atoms with van der Waals surface area (Å²) in [6.07, 6.45) is 0. The molecule has 83 valence electrons. The molecule has 0 aliphatic carbocycles. The van der Waals surface area contributed by atoms with Crippen LogP contribution in [0.4, 0.5) is 0 Å². The molecule has 0 aromatic carbocycles. The van der Waals surface area contributed by atoms with Crippen molar-refractivity contribution in [3.63, 3.8) is 0 Å². The van der Waals surface area contributed by atoms with Gasteiger partial charge in [-0.2, -0.15) is 0 Å². The molecule has 0 atom stereocenters. The van der Waals surface area contributed by atoms with Crippen LogP contribution in [0.15, 0.2) is 10.8 Å². The minimum atomic E-state index is -0.251. The predicted octanol–water partition coefficient (Wildman–Crippen LogP) is 1.59. The highest BCUT2D eigenvalue weighted by Gasteiger charge is 2.27. The van der Waals surface area contributed by atoms with Crippen molar-refractivity contribution >= 4 is 26.2 Å². The van der Waals surface area contributed by atoms with Gasteiger partial charge in [-0.25, -0.2) is 4.79 Å². The van der Waals surface area contributed by atoms with Gasteiger partial charge in [0.2, 0.25) is 10.5 Å². The summed E-state index contributed by atoms with van der Waals surface area (Å²) in [7, 11) is 3.08. The largest absolute Gasteiger partial charge is 0.463 e. The van der Waals surface area contributed by atoms with E-state index < -0.39 is 0 Å². The summed E-state index contributed by atoms with van der Waals surface area (Å²) in [5, 5.41) is 0.913. The van der Waals surface area contributed by atoms with Crippen LogP contribution in [0.3, 0.4) is 0 Å². The summed E-state index contributed by atoms with van der Waals surface area (Å²) < 4.78 is 9.91. The highest BCUT2D eigenvalue weighted by Crippen LogP contribution is 2.28. The van der Waals surface area contributed by atoms with Crippen molar-refractivity contribution in [3.05, 3.63) is 10.8 Å². The first-order valence-corrected chi connectivity index (χ1v) is 6.13. The van der Waals surface area contributed by atoms with E-state index in [4.69, 9.17) is 8.85 Å². The third kappa shape index (κ3) is 4.77. The Bertz CT molecular complexity index is 254. The lowest BCUT2D eigenvalue weighted by Gasteiger charge is -2.23. The molecule has 0 spiro atoms. The van der Waals surface area contributed by atoms with Gasteiger partial charge in [0.1, 0.15) is 0 Å². The van der Waals surface area contributed by atoms with Crippen LogP contribution in [0.1, 0.15) is 34.6 Å². The van der Waals surface area contributed by atoms with Gasteiger partial charge in [0.15, 0.2) is 0 Å². The Morgan fingerprint density at radius 3 is 2.27 bits per heavy atom. The van der Waals surface area contributed by atoms with Gasteiger partial charge in [0, 0.05) is 5.57 Å². The first-order valence-electron chi connectivity index (χ1n) is 4.81. The van der Waals surface area contributed by atoms with Crippen molar-refractivity contribution in [2.75, 3.05) is 6.61 Å². The van der Waals surface area contributed by atoms with Crippen molar-refractivity contribution in [3.8, 4) is 0 Å². The number of carbonyl (C=O) groups is 1. The van der Waals surface area contributed by atoms with Gasteiger partial charge in [-0.3, -0.25) is 0 Å². The molecule has 5 radical (unpaired) electrons. The van der Waals surface area contributed by atoms with Crippen LogP contribution < -0.4 is 0 Å². The number of ether oxygens (including phenoxy) is 1. The maximum Gasteiger partial charge on any atom is 0.334 e. The Kier molecular flexibility index (Phi) is 6.08. The number of carbonyl (C=O) groups excluding carboxylic acids is 1. The highest BCUT2D eigenvalue weighted by molar-refractivity contribution is 6.44. The zero-order valence-corrected chi connectivity index (χ0v) is 11.9. The maximum absolute atomic E-state index is 11.8. The van der Waals surface area contributed by atoms with E-state index in [1.165, 1.54) is 0 Å². The third-order valence-electron chi connectivity index (χ3n) is 1.81. The van der Waals surface area contributed by atoms with Gasteiger partial charge in [-0.1, -0.05) is 20.8 Å².